The zero-order valence-electron chi connectivity index (χ0n) is 12.5. The summed E-state index contributed by atoms with van der Waals surface area (Å²) in [5, 5.41) is 3.45. The van der Waals surface area contributed by atoms with Crippen LogP contribution in [0.1, 0.15) is 84.0 Å². The second-order valence-electron chi connectivity index (χ2n) is 5.76. The number of piperidine rings is 1. The molecule has 0 aromatic heterocycles. The maximum absolute atomic E-state index is 3.45. The van der Waals surface area contributed by atoms with Crippen LogP contribution in [-0.2, 0) is 0 Å². The van der Waals surface area contributed by atoms with E-state index in [1.807, 2.05) is 0 Å². The number of unbranched alkanes of at least 4 members (excludes halogenated alkanes) is 9. The van der Waals surface area contributed by atoms with Crippen molar-refractivity contribution in [3.8, 4) is 0 Å². The maximum atomic E-state index is 3.45. The van der Waals surface area contributed by atoms with Gasteiger partial charge in [-0.2, -0.15) is 0 Å². The van der Waals surface area contributed by atoms with E-state index >= 15 is 0 Å². The molecule has 1 fully saturated rings. The molecule has 0 aromatic carbocycles. The van der Waals surface area contributed by atoms with E-state index in [9.17, 15) is 0 Å². The minimum atomic E-state index is 1.15. The molecule has 0 unspecified atom stereocenters. The van der Waals surface area contributed by atoms with Gasteiger partial charge in [-0.3, -0.25) is 0 Å². The van der Waals surface area contributed by atoms with Gasteiger partial charge in [0.2, 0.25) is 0 Å². The van der Waals surface area contributed by atoms with Crippen LogP contribution in [0, 0.1) is 0 Å². The van der Waals surface area contributed by atoms with E-state index in [0.29, 0.717) is 0 Å². The zero-order valence-corrected chi connectivity index (χ0v) is 12.5. The van der Waals surface area contributed by atoms with Crippen LogP contribution in [0.25, 0.3) is 0 Å². The summed E-state index contributed by atoms with van der Waals surface area (Å²) >= 11 is 0. The van der Waals surface area contributed by atoms with E-state index in [-0.39, 0.29) is 0 Å². The number of nitrogens with one attached hydrogen (secondary N) is 1. The van der Waals surface area contributed by atoms with Gasteiger partial charge in [-0.25, -0.2) is 0 Å². The summed E-state index contributed by atoms with van der Waals surface area (Å²) in [6, 6.07) is 0. The van der Waals surface area contributed by atoms with Crippen molar-refractivity contribution < 1.29 is 0 Å². The van der Waals surface area contributed by atoms with Gasteiger partial charge in [-0.15, -0.1) is 0 Å². The second kappa shape index (κ2) is 11.8. The zero-order chi connectivity index (χ0) is 12.9. The van der Waals surface area contributed by atoms with Gasteiger partial charge < -0.3 is 5.32 Å². The van der Waals surface area contributed by atoms with Crippen molar-refractivity contribution in [3.63, 3.8) is 0 Å². The Morgan fingerprint density at radius 1 is 0.944 bits per heavy atom. The Morgan fingerprint density at radius 2 is 1.61 bits per heavy atom. The van der Waals surface area contributed by atoms with Crippen molar-refractivity contribution in [2.45, 2.75) is 84.0 Å². The van der Waals surface area contributed by atoms with E-state index in [2.05, 4.69) is 18.3 Å². The Labute approximate surface area is 114 Å². The largest absolute Gasteiger partial charge is 0.313 e. The molecule has 0 radical (unpaired) electrons. The first kappa shape index (κ1) is 15.8. The monoisotopic (exact) mass is 251 g/mol. The predicted molar refractivity (Wildman–Crippen MR) is 82.0 cm³/mol. The van der Waals surface area contributed by atoms with Crippen LogP contribution < -0.4 is 5.32 Å². The molecule has 0 amide bonds. The molecule has 18 heavy (non-hydrogen) atoms. The quantitative estimate of drug-likeness (QED) is 0.415. The Kier molecular flexibility index (Phi) is 10.3. The molecule has 0 aromatic rings. The van der Waals surface area contributed by atoms with E-state index in [0.717, 1.165) is 6.54 Å². The molecule has 1 aliphatic rings. The molecule has 1 saturated heterocycles. The molecule has 1 nitrogen and oxygen atoms in total. The summed E-state index contributed by atoms with van der Waals surface area (Å²) in [5.41, 5.74) is 1.65. The minimum Gasteiger partial charge on any atom is -0.313 e. The molecule has 106 valence electrons. The highest BCUT2D eigenvalue weighted by atomic mass is 14.9. The van der Waals surface area contributed by atoms with Gasteiger partial charge in [0, 0.05) is 6.54 Å². The SMILES string of the molecule is CCCCCCCCCCCC=C1CCCNC1. The van der Waals surface area contributed by atoms with Crippen molar-refractivity contribution in [2.75, 3.05) is 13.1 Å². The van der Waals surface area contributed by atoms with Crippen molar-refractivity contribution in [1.29, 1.82) is 0 Å². The number of allylic oxidation sites excluding steroid dienone is 1. The van der Waals surface area contributed by atoms with Crippen molar-refractivity contribution in [3.05, 3.63) is 11.6 Å². The third-order valence-corrected chi connectivity index (χ3v) is 3.94. The molecule has 0 atom stereocenters. The normalized spacial score (nSPS) is 18.4. The molecule has 1 rings (SSSR count). The van der Waals surface area contributed by atoms with Crippen LogP contribution in [0.4, 0.5) is 0 Å². The predicted octanol–water partition coefficient (Wildman–Crippen LogP) is 5.22. The summed E-state index contributed by atoms with van der Waals surface area (Å²) in [4.78, 5) is 0. The first-order chi connectivity index (χ1) is 8.93. The number of hydrogen-bond donors (Lipinski definition) is 1. The fourth-order valence-electron chi connectivity index (χ4n) is 2.71. The topological polar surface area (TPSA) is 12.0 Å². The van der Waals surface area contributed by atoms with Crippen molar-refractivity contribution in [1.82, 2.24) is 5.32 Å². The molecular weight excluding hydrogens is 218 g/mol. The summed E-state index contributed by atoms with van der Waals surface area (Å²) in [6.07, 6.45) is 19.4. The molecule has 0 saturated carbocycles. The third-order valence-electron chi connectivity index (χ3n) is 3.94. The summed E-state index contributed by atoms with van der Waals surface area (Å²) in [7, 11) is 0. The van der Waals surface area contributed by atoms with Crippen LogP contribution >= 0.6 is 0 Å². The molecule has 0 spiro atoms. The highest BCUT2D eigenvalue weighted by molar-refractivity contribution is 5.06. The van der Waals surface area contributed by atoms with Gasteiger partial charge in [0.25, 0.3) is 0 Å². The summed E-state index contributed by atoms with van der Waals surface area (Å²) < 4.78 is 0. The standard InChI is InChI=1S/C17H33N/c1-2-3-4-5-6-7-8-9-10-11-13-17-14-12-15-18-16-17/h13,18H,2-12,14-16H2,1H3. The van der Waals surface area contributed by atoms with Crippen LogP contribution in [0.3, 0.4) is 0 Å². The third kappa shape index (κ3) is 8.74. The van der Waals surface area contributed by atoms with Crippen molar-refractivity contribution >= 4 is 0 Å². The van der Waals surface area contributed by atoms with E-state index in [1.54, 1.807) is 5.57 Å². The van der Waals surface area contributed by atoms with Gasteiger partial charge >= 0.3 is 0 Å². The van der Waals surface area contributed by atoms with Crippen LogP contribution in [-0.4, -0.2) is 13.1 Å². The fourth-order valence-corrected chi connectivity index (χ4v) is 2.71. The van der Waals surface area contributed by atoms with E-state index in [1.165, 1.54) is 83.6 Å². The Bertz CT molecular complexity index is 200. The van der Waals surface area contributed by atoms with E-state index < -0.39 is 0 Å². The Balaban J connectivity index is 1.80. The summed E-state index contributed by atoms with van der Waals surface area (Å²) in [6.45, 7) is 4.66. The van der Waals surface area contributed by atoms with Gasteiger partial charge in [0.15, 0.2) is 0 Å². The molecule has 1 N–H and O–H groups in total. The van der Waals surface area contributed by atoms with Gasteiger partial charge in [-0.1, -0.05) is 69.9 Å². The van der Waals surface area contributed by atoms with Crippen LogP contribution in [0.2, 0.25) is 0 Å². The number of rotatable bonds is 10. The van der Waals surface area contributed by atoms with Gasteiger partial charge in [0.1, 0.15) is 0 Å². The van der Waals surface area contributed by atoms with Crippen LogP contribution in [0.5, 0.6) is 0 Å². The molecular formula is C17H33N. The van der Waals surface area contributed by atoms with Gasteiger partial charge in [0.05, 0.1) is 0 Å². The second-order valence-corrected chi connectivity index (χ2v) is 5.76. The lowest BCUT2D eigenvalue weighted by molar-refractivity contribution is 0.564. The van der Waals surface area contributed by atoms with E-state index in [4.69, 9.17) is 0 Å². The lowest BCUT2D eigenvalue weighted by atomic mass is 10.0. The fraction of sp³-hybridized carbons (Fsp3) is 0.882. The van der Waals surface area contributed by atoms with Crippen molar-refractivity contribution in [2.24, 2.45) is 0 Å². The lowest BCUT2D eigenvalue weighted by Gasteiger charge is -2.15. The summed E-state index contributed by atoms with van der Waals surface area (Å²) in [5.74, 6) is 0. The Morgan fingerprint density at radius 3 is 2.22 bits per heavy atom. The number of hydrogen-bond acceptors (Lipinski definition) is 1. The Hall–Kier alpha value is -0.300. The molecule has 1 heterocycles. The minimum absolute atomic E-state index is 1.15. The molecule has 0 aliphatic carbocycles. The lowest BCUT2D eigenvalue weighted by Crippen LogP contribution is -2.23. The highest BCUT2D eigenvalue weighted by Crippen LogP contribution is 2.13. The smallest absolute Gasteiger partial charge is 0.0164 e. The first-order valence-corrected chi connectivity index (χ1v) is 8.32. The average molecular weight is 251 g/mol. The average Bonchev–Trinajstić information content (AvgIpc) is 2.42. The maximum Gasteiger partial charge on any atom is 0.0164 e. The first-order valence-electron chi connectivity index (χ1n) is 8.32. The van der Waals surface area contributed by atoms with Gasteiger partial charge in [-0.05, 0) is 32.2 Å². The van der Waals surface area contributed by atoms with Crippen LogP contribution in [0.15, 0.2) is 11.6 Å². The molecule has 1 aliphatic heterocycles. The molecule has 1 heteroatoms. The highest BCUT2D eigenvalue weighted by Gasteiger charge is 2.02. The molecule has 0 bridgehead atoms.